The van der Waals surface area contributed by atoms with Gasteiger partial charge < -0.3 is 15.4 Å². The summed E-state index contributed by atoms with van der Waals surface area (Å²) >= 11 is 0. The van der Waals surface area contributed by atoms with Gasteiger partial charge in [0.25, 0.3) is 5.91 Å². The number of rotatable bonds is 6. The molecule has 0 aromatic heterocycles. The van der Waals surface area contributed by atoms with E-state index in [9.17, 15) is 9.59 Å². The molecule has 2 amide bonds. The Morgan fingerprint density at radius 1 is 1.04 bits per heavy atom. The Balaban J connectivity index is 2.04. The van der Waals surface area contributed by atoms with Crippen LogP contribution in [0, 0.1) is 0 Å². The first-order valence-corrected chi connectivity index (χ1v) is 7.31. The number of anilines is 1. The van der Waals surface area contributed by atoms with Gasteiger partial charge in [0.15, 0.2) is 0 Å². The molecule has 0 heterocycles. The van der Waals surface area contributed by atoms with E-state index in [-0.39, 0.29) is 11.8 Å². The summed E-state index contributed by atoms with van der Waals surface area (Å²) in [5.74, 6) is -0.361. The second-order valence-electron chi connectivity index (χ2n) is 5.15. The molecule has 2 N–H and O–H groups in total. The molecule has 0 aliphatic rings. The molecule has 0 fully saturated rings. The van der Waals surface area contributed by atoms with Crippen LogP contribution in [-0.4, -0.2) is 18.9 Å². The number of methoxy groups -OCH3 is 1. The van der Waals surface area contributed by atoms with Crippen LogP contribution in [0.4, 0.5) is 5.69 Å². The lowest BCUT2D eigenvalue weighted by atomic mass is 10.1. The lowest BCUT2D eigenvalue weighted by Gasteiger charge is -2.11. The highest BCUT2D eigenvalue weighted by Crippen LogP contribution is 2.12. The summed E-state index contributed by atoms with van der Waals surface area (Å²) in [5, 5.41) is 5.55. The highest BCUT2D eigenvalue weighted by atomic mass is 16.5. The minimum Gasteiger partial charge on any atom is -0.380 e. The number of hydrogen-bond donors (Lipinski definition) is 2. The third kappa shape index (κ3) is 4.93. The Bertz CT molecular complexity index is 698. The van der Waals surface area contributed by atoms with Gasteiger partial charge in [0.05, 0.1) is 6.61 Å². The van der Waals surface area contributed by atoms with Crippen LogP contribution in [0.5, 0.6) is 0 Å². The maximum atomic E-state index is 12.3. The highest BCUT2D eigenvalue weighted by molar-refractivity contribution is 5.96. The van der Waals surface area contributed by atoms with Gasteiger partial charge in [-0.15, -0.1) is 0 Å². The van der Waals surface area contributed by atoms with Crippen molar-refractivity contribution in [3.8, 4) is 0 Å². The normalized spacial score (nSPS) is 10.2. The summed E-state index contributed by atoms with van der Waals surface area (Å²) < 4.78 is 5.16. The quantitative estimate of drug-likeness (QED) is 0.862. The Morgan fingerprint density at radius 2 is 1.78 bits per heavy atom. The lowest BCUT2D eigenvalue weighted by Crippen LogP contribution is -2.23. The fourth-order valence-electron chi connectivity index (χ4n) is 2.25. The van der Waals surface area contributed by atoms with Crippen LogP contribution in [-0.2, 0) is 22.7 Å². The first-order valence-electron chi connectivity index (χ1n) is 7.31. The van der Waals surface area contributed by atoms with Gasteiger partial charge in [-0.1, -0.05) is 30.3 Å². The molecule has 2 rings (SSSR count). The van der Waals surface area contributed by atoms with Gasteiger partial charge in [-0.3, -0.25) is 9.59 Å². The van der Waals surface area contributed by atoms with Gasteiger partial charge in [0.2, 0.25) is 5.91 Å². The highest BCUT2D eigenvalue weighted by Gasteiger charge is 2.08. The van der Waals surface area contributed by atoms with E-state index in [1.807, 2.05) is 24.3 Å². The predicted octanol–water partition coefficient (Wildman–Crippen LogP) is 2.72. The summed E-state index contributed by atoms with van der Waals surface area (Å²) in [7, 11) is 1.64. The molecule has 0 aliphatic carbocycles. The van der Waals surface area contributed by atoms with E-state index in [4.69, 9.17) is 4.74 Å². The van der Waals surface area contributed by atoms with E-state index in [2.05, 4.69) is 10.6 Å². The zero-order valence-electron chi connectivity index (χ0n) is 13.3. The van der Waals surface area contributed by atoms with Gasteiger partial charge in [-0.05, 0) is 29.3 Å². The van der Waals surface area contributed by atoms with Crippen LogP contribution in [0.2, 0.25) is 0 Å². The van der Waals surface area contributed by atoms with Gasteiger partial charge >= 0.3 is 0 Å². The maximum absolute atomic E-state index is 12.3. The molecule has 120 valence electrons. The minimum atomic E-state index is -0.190. The molecule has 0 bridgehead atoms. The maximum Gasteiger partial charge on any atom is 0.251 e. The van der Waals surface area contributed by atoms with E-state index < -0.39 is 0 Å². The summed E-state index contributed by atoms with van der Waals surface area (Å²) in [6.45, 7) is 2.35. The molecule has 5 nitrogen and oxygen atoms in total. The van der Waals surface area contributed by atoms with Crippen molar-refractivity contribution in [3.05, 3.63) is 65.2 Å². The number of amides is 2. The van der Waals surface area contributed by atoms with Crippen LogP contribution in [0.15, 0.2) is 48.5 Å². The lowest BCUT2D eigenvalue weighted by molar-refractivity contribution is -0.114. The zero-order valence-corrected chi connectivity index (χ0v) is 13.3. The van der Waals surface area contributed by atoms with Crippen molar-refractivity contribution in [2.24, 2.45) is 0 Å². The van der Waals surface area contributed by atoms with E-state index in [1.165, 1.54) is 6.92 Å². The summed E-state index contributed by atoms with van der Waals surface area (Å²) in [5.41, 5.74) is 3.16. The van der Waals surface area contributed by atoms with E-state index in [0.717, 1.165) is 11.1 Å². The number of ether oxygens (including phenoxy) is 1. The smallest absolute Gasteiger partial charge is 0.251 e. The average molecular weight is 312 g/mol. The van der Waals surface area contributed by atoms with Crippen LogP contribution in [0.25, 0.3) is 0 Å². The SMILES string of the molecule is COCc1ccccc1CNC(=O)c1cccc(NC(C)=O)c1. The molecule has 2 aromatic carbocycles. The van der Waals surface area contributed by atoms with Crippen molar-refractivity contribution < 1.29 is 14.3 Å². The largest absolute Gasteiger partial charge is 0.380 e. The van der Waals surface area contributed by atoms with Crippen LogP contribution < -0.4 is 10.6 Å². The minimum absolute atomic E-state index is 0.170. The van der Waals surface area contributed by atoms with Crippen molar-refractivity contribution >= 4 is 17.5 Å². The molecule has 23 heavy (non-hydrogen) atoms. The molecule has 0 aliphatic heterocycles. The van der Waals surface area contributed by atoms with Crippen LogP contribution in [0.3, 0.4) is 0 Å². The Kier molecular flexibility index (Phi) is 5.88. The number of carbonyl (C=O) groups excluding carboxylic acids is 2. The number of nitrogens with one attached hydrogen (secondary N) is 2. The van der Waals surface area contributed by atoms with E-state index >= 15 is 0 Å². The van der Waals surface area contributed by atoms with Crippen molar-refractivity contribution in [3.63, 3.8) is 0 Å². The van der Waals surface area contributed by atoms with Crippen molar-refractivity contribution in [2.75, 3.05) is 12.4 Å². The van der Waals surface area contributed by atoms with Crippen molar-refractivity contribution in [1.29, 1.82) is 0 Å². The second-order valence-corrected chi connectivity index (χ2v) is 5.15. The Morgan fingerprint density at radius 3 is 2.48 bits per heavy atom. The topological polar surface area (TPSA) is 67.4 Å². The molecule has 2 aromatic rings. The van der Waals surface area contributed by atoms with E-state index in [1.54, 1.807) is 31.4 Å². The van der Waals surface area contributed by atoms with Gasteiger partial charge in [0.1, 0.15) is 0 Å². The predicted molar refractivity (Wildman–Crippen MR) is 89.1 cm³/mol. The average Bonchev–Trinajstić information content (AvgIpc) is 2.53. The zero-order chi connectivity index (χ0) is 16.7. The first-order chi connectivity index (χ1) is 11.1. The van der Waals surface area contributed by atoms with Crippen molar-refractivity contribution in [1.82, 2.24) is 5.32 Å². The molecule has 0 atom stereocenters. The Hall–Kier alpha value is -2.66. The van der Waals surface area contributed by atoms with Gasteiger partial charge in [-0.25, -0.2) is 0 Å². The van der Waals surface area contributed by atoms with E-state index in [0.29, 0.717) is 24.4 Å². The number of carbonyl (C=O) groups is 2. The number of hydrogen-bond acceptors (Lipinski definition) is 3. The third-order valence-corrected chi connectivity index (χ3v) is 3.30. The van der Waals surface area contributed by atoms with Crippen molar-refractivity contribution in [2.45, 2.75) is 20.1 Å². The molecule has 0 spiro atoms. The molecular weight excluding hydrogens is 292 g/mol. The van der Waals surface area contributed by atoms with Crippen LogP contribution in [0.1, 0.15) is 28.4 Å². The Labute approximate surface area is 135 Å². The fourth-order valence-corrected chi connectivity index (χ4v) is 2.25. The monoisotopic (exact) mass is 312 g/mol. The molecule has 5 heteroatoms. The second kappa shape index (κ2) is 8.10. The molecular formula is C18H20N2O3. The fraction of sp³-hybridized carbons (Fsp3) is 0.222. The molecule has 0 unspecified atom stereocenters. The summed E-state index contributed by atoms with van der Waals surface area (Å²) in [6.07, 6.45) is 0. The summed E-state index contributed by atoms with van der Waals surface area (Å²) in [6, 6.07) is 14.6. The molecule has 0 saturated heterocycles. The molecule has 0 radical (unpaired) electrons. The molecule has 0 saturated carbocycles. The van der Waals surface area contributed by atoms with Gasteiger partial charge in [0, 0.05) is 31.8 Å². The third-order valence-electron chi connectivity index (χ3n) is 3.30. The summed E-state index contributed by atoms with van der Waals surface area (Å²) in [4.78, 5) is 23.4. The standard InChI is InChI=1S/C18H20N2O3/c1-13(21)20-17-9-5-8-14(10-17)18(22)19-11-15-6-3-4-7-16(15)12-23-2/h3-10H,11-12H2,1-2H3,(H,19,22)(H,20,21). The van der Waals surface area contributed by atoms with Gasteiger partial charge in [-0.2, -0.15) is 0 Å². The van der Waals surface area contributed by atoms with Crippen LogP contribution >= 0.6 is 0 Å². The number of benzene rings is 2. The first kappa shape index (κ1) is 16.7.